The molecular weight excluding hydrogens is 270 g/mol. The summed E-state index contributed by atoms with van der Waals surface area (Å²) in [5, 5.41) is 18.8. The van der Waals surface area contributed by atoms with Crippen LogP contribution in [0.3, 0.4) is 0 Å². The van der Waals surface area contributed by atoms with Crippen LogP contribution < -0.4 is 10.9 Å². The van der Waals surface area contributed by atoms with Crippen molar-refractivity contribution in [1.82, 2.24) is 15.5 Å². The lowest BCUT2D eigenvalue weighted by Crippen LogP contribution is -2.54. The third-order valence-corrected chi connectivity index (χ3v) is 4.61. The Hall–Kier alpha value is -1.69. The number of nitrogens with one attached hydrogen (secondary N) is 2. The highest BCUT2D eigenvalue weighted by atomic mass is 16.3. The molecule has 21 heavy (non-hydrogen) atoms. The minimum absolute atomic E-state index is 0.0916. The number of amides is 1. The van der Waals surface area contributed by atoms with Crippen LogP contribution in [0.25, 0.3) is 0 Å². The largest absolute Gasteiger partial charge is 0.394 e. The molecule has 1 heterocycles. The van der Waals surface area contributed by atoms with Crippen LogP contribution in [0, 0.1) is 19.8 Å². The summed E-state index contributed by atoms with van der Waals surface area (Å²) in [6.07, 6.45) is 3.39. The van der Waals surface area contributed by atoms with Crippen molar-refractivity contribution in [3.05, 3.63) is 27.2 Å². The summed E-state index contributed by atoms with van der Waals surface area (Å²) in [5.74, 6) is 0.178. The fourth-order valence-corrected chi connectivity index (χ4v) is 2.84. The quantitative estimate of drug-likeness (QED) is 0.776. The van der Waals surface area contributed by atoms with E-state index in [0.717, 1.165) is 25.7 Å². The van der Waals surface area contributed by atoms with Gasteiger partial charge in [-0.2, -0.15) is 5.10 Å². The van der Waals surface area contributed by atoms with E-state index in [-0.39, 0.29) is 12.2 Å². The van der Waals surface area contributed by atoms with Crippen LogP contribution >= 0.6 is 0 Å². The summed E-state index contributed by atoms with van der Waals surface area (Å²) in [6, 6.07) is 0. The molecule has 1 aromatic rings. The van der Waals surface area contributed by atoms with Crippen molar-refractivity contribution in [3.8, 4) is 0 Å². The molecule has 0 aliphatic heterocycles. The first-order chi connectivity index (χ1) is 9.88. The molecule has 6 nitrogen and oxygen atoms in total. The molecule has 1 aliphatic carbocycles. The summed E-state index contributed by atoms with van der Waals surface area (Å²) < 4.78 is 0. The number of carbonyl (C=O) groups is 1. The molecule has 1 saturated carbocycles. The monoisotopic (exact) mass is 293 g/mol. The van der Waals surface area contributed by atoms with Gasteiger partial charge in [-0.25, -0.2) is 5.10 Å². The van der Waals surface area contributed by atoms with E-state index in [1.165, 1.54) is 0 Å². The average Bonchev–Trinajstić information content (AvgIpc) is 2.46. The van der Waals surface area contributed by atoms with Crippen LogP contribution in [0.15, 0.2) is 4.79 Å². The molecular formula is C15H23N3O3. The lowest BCUT2D eigenvalue weighted by molar-refractivity contribution is 0.0715. The van der Waals surface area contributed by atoms with E-state index in [2.05, 4.69) is 22.4 Å². The Morgan fingerprint density at radius 1 is 1.43 bits per heavy atom. The van der Waals surface area contributed by atoms with E-state index in [1.807, 2.05) is 0 Å². The number of hydrogen-bond donors (Lipinski definition) is 3. The van der Waals surface area contributed by atoms with Crippen LogP contribution in [-0.4, -0.2) is 33.4 Å². The first-order valence-electron chi connectivity index (χ1n) is 7.38. The number of aromatic nitrogens is 2. The maximum Gasteiger partial charge on any atom is 0.277 e. The molecule has 6 heteroatoms. The highest BCUT2D eigenvalue weighted by molar-refractivity contribution is 5.95. The van der Waals surface area contributed by atoms with Crippen LogP contribution in [0.5, 0.6) is 0 Å². The molecule has 0 unspecified atom stereocenters. The van der Waals surface area contributed by atoms with Gasteiger partial charge in [0.1, 0.15) is 5.56 Å². The predicted molar refractivity (Wildman–Crippen MR) is 79.2 cm³/mol. The van der Waals surface area contributed by atoms with Gasteiger partial charge < -0.3 is 10.4 Å². The molecule has 0 saturated heterocycles. The van der Waals surface area contributed by atoms with Crippen molar-refractivity contribution in [3.63, 3.8) is 0 Å². The third kappa shape index (κ3) is 3.15. The maximum absolute atomic E-state index is 12.5. The van der Waals surface area contributed by atoms with Gasteiger partial charge in [0.25, 0.3) is 11.5 Å². The van der Waals surface area contributed by atoms with Gasteiger partial charge >= 0.3 is 0 Å². The van der Waals surface area contributed by atoms with E-state index in [0.29, 0.717) is 17.2 Å². The summed E-state index contributed by atoms with van der Waals surface area (Å²) >= 11 is 0. The molecule has 1 aromatic heterocycles. The molecule has 0 atom stereocenters. The van der Waals surface area contributed by atoms with Crippen LogP contribution in [0.2, 0.25) is 0 Å². The summed E-state index contributed by atoms with van der Waals surface area (Å²) in [6.45, 7) is 5.52. The summed E-state index contributed by atoms with van der Waals surface area (Å²) in [5.41, 5.74) is 0.185. The zero-order valence-corrected chi connectivity index (χ0v) is 12.8. The molecule has 3 N–H and O–H groups in total. The second kappa shape index (κ2) is 5.97. The highest BCUT2D eigenvalue weighted by Gasteiger charge is 2.36. The first-order valence-corrected chi connectivity index (χ1v) is 7.38. The van der Waals surface area contributed by atoms with E-state index >= 15 is 0 Å². The smallest absolute Gasteiger partial charge is 0.277 e. The summed E-state index contributed by atoms with van der Waals surface area (Å²) in [7, 11) is 0. The molecule has 0 aromatic carbocycles. The number of aryl methyl sites for hydroxylation is 1. The third-order valence-electron chi connectivity index (χ3n) is 4.61. The van der Waals surface area contributed by atoms with Crippen molar-refractivity contribution < 1.29 is 9.90 Å². The zero-order valence-electron chi connectivity index (χ0n) is 12.8. The fraction of sp³-hybridized carbons (Fsp3) is 0.667. The van der Waals surface area contributed by atoms with Crippen molar-refractivity contribution in [2.45, 2.75) is 52.0 Å². The van der Waals surface area contributed by atoms with Gasteiger partial charge in [0, 0.05) is 0 Å². The number of aliphatic hydroxyl groups excluding tert-OH is 1. The molecule has 2 rings (SSSR count). The van der Waals surface area contributed by atoms with Crippen LogP contribution in [-0.2, 0) is 0 Å². The number of hydrogen-bond acceptors (Lipinski definition) is 4. The number of aliphatic hydroxyl groups is 1. The number of H-pyrrole nitrogens is 1. The Bertz CT molecular complexity index is 586. The lowest BCUT2D eigenvalue weighted by Gasteiger charge is -2.38. The maximum atomic E-state index is 12.5. The molecule has 0 bridgehead atoms. The standard InChI is InChI=1S/C15H23N3O3/c1-9-4-6-15(8-19,7-5-9)16-13(20)12-10(2)11(3)17-18-14(12)21/h9,19H,4-8H2,1-3H3,(H,16,20)(H,18,21). The minimum Gasteiger partial charge on any atom is -0.394 e. The number of aromatic amines is 1. The molecule has 1 amide bonds. The van der Waals surface area contributed by atoms with Gasteiger partial charge in [0.15, 0.2) is 0 Å². The van der Waals surface area contributed by atoms with E-state index in [1.54, 1.807) is 13.8 Å². The predicted octanol–water partition coefficient (Wildman–Crippen LogP) is 1.06. The Balaban J connectivity index is 2.25. The number of nitrogens with zero attached hydrogens (tertiary/aromatic N) is 1. The van der Waals surface area contributed by atoms with Gasteiger partial charge in [-0.15, -0.1) is 0 Å². The Kier molecular flexibility index (Phi) is 4.46. The second-order valence-electron chi connectivity index (χ2n) is 6.21. The average molecular weight is 293 g/mol. The van der Waals surface area contributed by atoms with E-state index in [9.17, 15) is 14.7 Å². The van der Waals surface area contributed by atoms with Crippen LogP contribution in [0.1, 0.15) is 54.2 Å². The van der Waals surface area contributed by atoms with Gasteiger partial charge in [-0.1, -0.05) is 6.92 Å². The lowest BCUT2D eigenvalue weighted by atomic mass is 9.77. The summed E-state index contributed by atoms with van der Waals surface area (Å²) in [4.78, 5) is 24.4. The van der Waals surface area contributed by atoms with E-state index in [4.69, 9.17) is 0 Å². The fourth-order valence-electron chi connectivity index (χ4n) is 2.84. The highest BCUT2D eigenvalue weighted by Crippen LogP contribution is 2.31. The zero-order chi connectivity index (χ0) is 15.6. The Labute approximate surface area is 124 Å². The molecule has 1 fully saturated rings. The van der Waals surface area contributed by atoms with Crippen LogP contribution in [0.4, 0.5) is 0 Å². The minimum atomic E-state index is -0.611. The Morgan fingerprint density at radius 3 is 2.62 bits per heavy atom. The molecule has 0 radical (unpaired) electrons. The molecule has 116 valence electrons. The molecule has 0 spiro atoms. The number of rotatable bonds is 3. The van der Waals surface area contributed by atoms with Crippen molar-refractivity contribution in [2.75, 3.05) is 6.61 Å². The topological polar surface area (TPSA) is 95.1 Å². The normalized spacial score (nSPS) is 25.6. The van der Waals surface area contributed by atoms with Gasteiger partial charge in [-0.05, 0) is 51.0 Å². The van der Waals surface area contributed by atoms with Gasteiger partial charge in [-0.3, -0.25) is 9.59 Å². The SMILES string of the molecule is Cc1n[nH]c(=O)c(C(=O)NC2(CO)CCC(C)CC2)c1C. The number of carbonyl (C=O) groups excluding carboxylic acids is 1. The molecule has 1 aliphatic rings. The van der Waals surface area contributed by atoms with E-state index < -0.39 is 17.0 Å². The van der Waals surface area contributed by atoms with Gasteiger partial charge in [0.05, 0.1) is 17.8 Å². The first kappa shape index (κ1) is 15.7. The van der Waals surface area contributed by atoms with Crippen molar-refractivity contribution in [2.24, 2.45) is 5.92 Å². The second-order valence-corrected chi connectivity index (χ2v) is 6.21. The van der Waals surface area contributed by atoms with Crippen molar-refractivity contribution in [1.29, 1.82) is 0 Å². The van der Waals surface area contributed by atoms with Crippen molar-refractivity contribution >= 4 is 5.91 Å². The van der Waals surface area contributed by atoms with Gasteiger partial charge in [0.2, 0.25) is 0 Å². The Morgan fingerprint density at radius 2 is 2.05 bits per heavy atom.